The zero-order chi connectivity index (χ0) is 12.3. The molecule has 1 heterocycles. The van der Waals surface area contributed by atoms with Crippen LogP contribution in [0.5, 0.6) is 0 Å². The highest BCUT2D eigenvalue weighted by Gasteiger charge is 2.27. The summed E-state index contributed by atoms with van der Waals surface area (Å²) < 4.78 is 5.61. The van der Waals surface area contributed by atoms with Crippen molar-refractivity contribution in [3.8, 4) is 0 Å². The van der Waals surface area contributed by atoms with Crippen LogP contribution >= 0.6 is 0 Å². The Hall–Kier alpha value is -0.900. The molecule has 2 unspecified atom stereocenters. The van der Waals surface area contributed by atoms with Crippen LogP contribution in [0.25, 0.3) is 0 Å². The second kappa shape index (κ2) is 5.63. The number of ether oxygens (including phenoxy) is 1. The first-order chi connectivity index (χ1) is 8.22. The molecular formula is C14H22N2O. The molecule has 3 nitrogen and oxygen atoms in total. The highest BCUT2D eigenvalue weighted by molar-refractivity contribution is 5.26. The van der Waals surface area contributed by atoms with Crippen LogP contribution in [-0.2, 0) is 17.8 Å². The van der Waals surface area contributed by atoms with Gasteiger partial charge >= 0.3 is 0 Å². The molecule has 2 rings (SSSR count). The molecule has 17 heavy (non-hydrogen) atoms. The molecule has 0 saturated carbocycles. The summed E-state index contributed by atoms with van der Waals surface area (Å²) in [5, 5.41) is 0. The Kier molecular flexibility index (Phi) is 4.15. The number of hydrogen-bond acceptors (Lipinski definition) is 3. The Morgan fingerprint density at radius 2 is 2.06 bits per heavy atom. The molecule has 0 spiro atoms. The average molecular weight is 234 g/mol. The first-order valence-corrected chi connectivity index (χ1v) is 6.31. The smallest absolute Gasteiger partial charge is 0.0703 e. The third kappa shape index (κ3) is 2.86. The van der Waals surface area contributed by atoms with Crippen LogP contribution in [-0.4, -0.2) is 30.7 Å². The Morgan fingerprint density at radius 1 is 1.35 bits per heavy atom. The second-order valence-electron chi connectivity index (χ2n) is 4.82. The van der Waals surface area contributed by atoms with Crippen molar-refractivity contribution in [2.75, 3.05) is 13.7 Å². The number of hydrogen-bond donors (Lipinski definition) is 1. The van der Waals surface area contributed by atoms with Crippen LogP contribution in [0.2, 0.25) is 0 Å². The third-order valence-corrected chi connectivity index (χ3v) is 3.66. The summed E-state index contributed by atoms with van der Waals surface area (Å²) in [7, 11) is 2.17. The largest absolute Gasteiger partial charge is 0.377 e. The molecule has 0 aromatic heterocycles. The summed E-state index contributed by atoms with van der Waals surface area (Å²) in [5.74, 6) is 0. The molecule has 2 atom stereocenters. The molecule has 1 aromatic carbocycles. The van der Waals surface area contributed by atoms with E-state index in [0.29, 0.717) is 18.7 Å². The van der Waals surface area contributed by atoms with Crippen LogP contribution < -0.4 is 5.73 Å². The molecule has 3 heteroatoms. The number of nitrogens with two attached hydrogens (primary N) is 1. The van der Waals surface area contributed by atoms with Gasteiger partial charge < -0.3 is 10.5 Å². The van der Waals surface area contributed by atoms with Gasteiger partial charge in [-0.1, -0.05) is 24.3 Å². The molecule has 1 aliphatic heterocycles. The number of rotatable bonds is 4. The van der Waals surface area contributed by atoms with Gasteiger partial charge in [0.2, 0.25) is 0 Å². The van der Waals surface area contributed by atoms with Crippen molar-refractivity contribution in [1.82, 2.24) is 4.90 Å². The highest BCUT2D eigenvalue weighted by atomic mass is 16.5. The van der Waals surface area contributed by atoms with Gasteiger partial charge in [-0.05, 0) is 31.5 Å². The molecule has 0 amide bonds. The summed E-state index contributed by atoms with van der Waals surface area (Å²) in [6, 6.07) is 8.93. The van der Waals surface area contributed by atoms with Crippen molar-refractivity contribution in [2.24, 2.45) is 5.73 Å². The minimum absolute atomic E-state index is 0.338. The number of likely N-dealkylation sites (N-methyl/N-ethyl adjacent to an activating group) is 1. The number of nitrogens with zero attached hydrogens (tertiary/aromatic N) is 1. The summed E-state index contributed by atoms with van der Waals surface area (Å²) in [4.78, 5) is 2.38. The standard InChI is InChI=1S/C14H22N2O/c1-11-14(7-8-17-11)16(2)10-13-6-4-3-5-12(13)9-15/h3-6,11,14H,7-10,15H2,1-2H3. The second-order valence-corrected chi connectivity index (χ2v) is 4.82. The number of benzene rings is 1. The fourth-order valence-electron chi connectivity index (χ4n) is 2.60. The normalized spacial score (nSPS) is 24.5. The lowest BCUT2D eigenvalue weighted by atomic mass is 10.0. The highest BCUT2D eigenvalue weighted by Crippen LogP contribution is 2.21. The van der Waals surface area contributed by atoms with Crippen molar-refractivity contribution in [3.63, 3.8) is 0 Å². The maximum absolute atomic E-state index is 5.76. The van der Waals surface area contributed by atoms with Crippen molar-refractivity contribution in [2.45, 2.75) is 38.6 Å². The minimum Gasteiger partial charge on any atom is -0.377 e. The van der Waals surface area contributed by atoms with E-state index in [1.54, 1.807) is 0 Å². The Balaban J connectivity index is 2.04. The van der Waals surface area contributed by atoms with E-state index >= 15 is 0 Å². The fourth-order valence-corrected chi connectivity index (χ4v) is 2.60. The van der Waals surface area contributed by atoms with Crippen molar-refractivity contribution < 1.29 is 4.74 Å². The lowest BCUT2D eigenvalue weighted by molar-refractivity contribution is 0.0813. The van der Waals surface area contributed by atoms with Crippen molar-refractivity contribution in [3.05, 3.63) is 35.4 Å². The minimum atomic E-state index is 0.338. The topological polar surface area (TPSA) is 38.5 Å². The van der Waals surface area contributed by atoms with E-state index in [1.165, 1.54) is 11.1 Å². The first kappa shape index (κ1) is 12.6. The molecule has 2 N–H and O–H groups in total. The van der Waals surface area contributed by atoms with E-state index in [1.807, 2.05) is 6.07 Å². The predicted octanol–water partition coefficient (Wildman–Crippen LogP) is 1.75. The van der Waals surface area contributed by atoms with Gasteiger partial charge in [0.05, 0.1) is 6.10 Å². The van der Waals surface area contributed by atoms with Crippen LogP contribution in [0.3, 0.4) is 0 Å². The zero-order valence-corrected chi connectivity index (χ0v) is 10.7. The monoisotopic (exact) mass is 234 g/mol. The van der Waals surface area contributed by atoms with Gasteiger partial charge in [-0.3, -0.25) is 4.90 Å². The maximum Gasteiger partial charge on any atom is 0.0703 e. The molecular weight excluding hydrogens is 212 g/mol. The van der Waals surface area contributed by atoms with Crippen LogP contribution in [0.1, 0.15) is 24.5 Å². The quantitative estimate of drug-likeness (QED) is 0.862. The van der Waals surface area contributed by atoms with E-state index in [2.05, 4.69) is 37.1 Å². The summed E-state index contributed by atoms with van der Waals surface area (Å²) in [5.41, 5.74) is 8.34. The van der Waals surface area contributed by atoms with E-state index in [9.17, 15) is 0 Å². The Morgan fingerprint density at radius 3 is 2.65 bits per heavy atom. The van der Waals surface area contributed by atoms with Gasteiger partial charge in [0.25, 0.3) is 0 Å². The zero-order valence-electron chi connectivity index (χ0n) is 10.7. The first-order valence-electron chi connectivity index (χ1n) is 6.31. The summed E-state index contributed by atoms with van der Waals surface area (Å²) in [6.07, 6.45) is 1.47. The van der Waals surface area contributed by atoms with E-state index in [-0.39, 0.29) is 0 Å². The van der Waals surface area contributed by atoms with Crippen LogP contribution in [0.4, 0.5) is 0 Å². The molecule has 1 aliphatic rings. The lowest BCUT2D eigenvalue weighted by Gasteiger charge is -2.27. The van der Waals surface area contributed by atoms with Gasteiger partial charge in [-0.2, -0.15) is 0 Å². The van der Waals surface area contributed by atoms with Crippen LogP contribution in [0.15, 0.2) is 24.3 Å². The Bertz CT molecular complexity index is 367. The summed E-state index contributed by atoms with van der Waals surface area (Å²) in [6.45, 7) is 4.60. The van der Waals surface area contributed by atoms with Gasteiger partial charge in [-0.15, -0.1) is 0 Å². The SMILES string of the molecule is CC1OCCC1N(C)Cc1ccccc1CN. The average Bonchev–Trinajstić information content (AvgIpc) is 2.76. The van der Waals surface area contributed by atoms with Gasteiger partial charge in [-0.25, -0.2) is 0 Å². The molecule has 0 bridgehead atoms. The van der Waals surface area contributed by atoms with E-state index in [0.717, 1.165) is 19.6 Å². The molecule has 0 aliphatic carbocycles. The lowest BCUT2D eigenvalue weighted by Crippen LogP contribution is -2.36. The van der Waals surface area contributed by atoms with Crippen molar-refractivity contribution >= 4 is 0 Å². The third-order valence-electron chi connectivity index (χ3n) is 3.66. The molecule has 94 valence electrons. The maximum atomic E-state index is 5.76. The van der Waals surface area contributed by atoms with Gasteiger partial charge in [0.1, 0.15) is 0 Å². The molecule has 1 aromatic rings. The van der Waals surface area contributed by atoms with Gasteiger partial charge in [0, 0.05) is 25.7 Å². The van der Waals surface area contributed by atoms with E-state index in [4.69, 9.17) is 10.5 Å². The van der Waals surface area contributed by atoms with Crippen molar-refractivity contribution in [1.29, 1.82) is 0 Å². The van der Waals surface area contributed by atoms with Crippen LogP contribution in [0, 0.1) is 0 Å². The van der Waals surface area contributed by atoms with E-state index < -0.39 is 0 Å². The predicted molar refractivity (Wildman–Crippen MR) is 69.6 cm³/mol. The molecule has 0 radical (unpaired) electrons. The fraction of sp³-hybridized carbons (Fsp3) is 0.571. The molecule has 1 saturated heterocycles. The van der Waals surface area contributed by atoms with Gasteiger partial charge in [0.15, 0.2) is 0 Å². The molecule has 1 fully saturated rings. The Labute approximate surface area is 104 Å². The summed E-state index contributed by atoms with van der Waals surface area (Å²) >= 11 is 0.